The number of rotatable bonds is 4. The molecule has 166 valence electrons. The minimum Gasteiger partial charge on any atom is -0.469 e. The third-order valence-electron chi connectivity index (χ3n) is 6.45. The summed E-state index contributed by atoms with van der Waals surface area (Å²) in [6, 6.07) is 7.15. The highest BCUT2D eigenvalue weighted by molar-refractivity contribution is 5.98. The molecule has 1 N–H and O–H groups in total. The summed E-state index contributed by atoms with van der Waals surface area (Å²) in [5, 5.41) is 14.6. The van der Waals surface area contributed by atoms with Gasteiger partial charge in [0.15, 0.2) is 18.3 Å². The number of fused-ring (bicyclic) bond motifs is 1. The van der Waals surface area contributed by atoms with Gasteiger partial charge < -0.3 is 9.84 Å². The summed E-state index contributed by atoms with van der Waals surface area (Å²) in [6.45, 7) is 1.66. The van der Waals surface area contributed by atoms with Crippen LogP contribution in [0.15, 0.2) is 36.7 Å². The van der Waals surface area contributed by atoms with Crippen molar-refractivity contribution in [2.45, 2.75) is 44.8 Å². The van der Waals surface area contributed by atoms with Gasteiger partial charge in [-0.05, 0) is 67.5 Å². The largest absolute Gasteiger partial charge is 0.469 e. The van der Waals surface area contributed by atoms with Gasteiger partial charge >= 0.3 is 0 Å². The zero-order valence-electron chi connectivity index (χ0n) is 18.1. The number of aliphatic hydroxyl groups is 1. The molecule has 0 spiro atoms. The predicted molar refractivity (Wildman–Crippen MR) is 116 cm³/mol. The lowest BCUT2D eigenvalue weighted by atomic mass is 9.96. The van der Waals surface area contributed by atoms with Crippen LogP contribution in [0, 0.1) is 12.7 Å². The number of nitrogens with zero attached hydrogens (tertiary/aromatic N) is 4. The van der Waals surface area contributed by atoms with E-state index in [0.29, 0.717) is 24.0 Å². The number of hydrogen-bond acceptors (Lipinski definition) is 5. The molecular weight excluding hydrogens is 411 g/mol. The first-order chi connectivity index (χ1) is 15.4. The topological polar surface area (TPSA) is 80.5 Å². The van der Waals surface area contributed by atoms with E-state index in [1.165, 1.54) is 4.90 Å². The van der Waals surface area contributed by atoms with Gasteiger partial charge in [-0.2, -0.15) is 5.10 Å². The second-order valence-corrected chi connectivity index (χ2v) is 8.57. The second-order valence-electron chi connectivity index (χ2n) is 8.57. The first-order valence-electron chi connectivity index (χ1n) is 10.8. The lowest BCUT2D eigenvalue weighted by molar-refractivity contribution is 0.0115. The summed E-state index contributed by atoms with van der Waals surface area (Å²) in [5.74, 6) is -0.792. The summed E-state index contributed by atoms with van der Waals surface area (Å²) in [7, 11) is 1.85. The molecule has 3 aromatic rings. The number of aryl methyl sites for hydroxylation is 1. The van der Waals surface area contributed by atoms with Crippen molar-refractivity contribution in [1.82, 2.24) is 19.7 Å². The van der Waals surface area contributed by atoms with E-state index in [9.17, 15) is 9.90 Å². The van der Waals surface area contributed by atoms with Crippen molar-refractivity contribution in [3.63, 3.8) is 0 Å². The van der Waals surface area contributed by atoms with Gasteiger partial charge in [0.2, 0.25) is 0 Å². The highest BCUT2D eigenvalue weighted by Gasteiger charge is 2.39. The summed E-state index contributed by atoms with van der Waals surface area (Å²) in [4.78, 5) is 19.2. The van der Waals surface area contributed by atoms with Crippen molar-refractivity contribution in [3.8, 4) is 17.1 Å². The Labute approximate surface area is 185 Å². The van der Waals surface area contributed by atoms with Crippen molar-refractivity contribution in [2.75, 3.05) is 6.73 Å². The van der Waals surface area contributed by atoms with E-state index >= 15 is 4.39 Å². The van der Waals surface area contributed by atoms with E-state index in [1.54, 1.807) is 23.9 Å². The lowest BCUT2D eigenvalue weighted by Gasteiger charge is -2.35. The summed E-state index contributed by atoms with van der Waals surface area (Å²) in [6.07, 6.45) is 5.72. The van der Waals surface area contributed by atoms with E-state index < -0.39 is 11.9 Å². The number of benzene rings is 1. The van der Waals surface area contributed by atoms with Gasteiger partial charge in [0, 0.05) is 19.4 Å². The molecule has 1 aliphatic heterocycles. The smallest absolute Gasteiger partial charge is 0.260 e. The van der Waals surface area contributed by atoms with E-state index in [0.717, 1.165) is 29.8 Å². The Morgan fingerprint density at radius 1 is 1.25 bits per heavy atom. The molecule has 1 amide bonds. The molecule has 5 rings (SSSR count). The molecule has 3 heterocycles. The molecule has 0 saturated heterocycles. The molecule has 2 aliphatic rings. The molecule has 32 heavy (non-hydrogen) atoms. The van der Waals surface area contributed by atoms with Crippen LogP contribution in [0.2, 0.25) is 0 Å². The monoisotopic (exact) mass is 436 g/mol. The number of carbonyl (C=O) groups excluding carboxylic acids is 1. The summed E-state index contributed by atoms with van der Waals surface area (Å²) >= 11 is 0. The molecule has 0 radical (unpaired) electrons. The maximum Gasteiger partial charge on any atom is 0.260 e. The number of hydrogen-bond donors (Lipinski definition) is 1. The molecule has 2 aromatic heterocycles. The van der Waals surface area contributed by atoms with Gasteiger partial charge in [0.05, 0.1) is 23.4 Å². The third-order valence-corrected chi connectivity index (χ3v) is 6.45. The standard InChI is InChI=1S/C24H25FN4O3/c1-14-16(10-15-6-7-18(26-12-15)19-8-9-28(2)27-19)11-17-23(22(14)25)32-13-29(24(17)31)20-4-3-5-21(20)30/h6-9,11-12,20-21,30H,3-5,10,13H2,1-2H3/t20-,21-/m0/s1. The van der Waals surface area contributed by atoms with Gasteiger partial charge in [-0.3, -0.25) is 19.4 Å². The minimum absolute atomic E-state index is 0.00334. The molecule has 1 fully saturated rings. The van der Waals surface area contributed by atoms with Crippen molar-refractivity contribution in [2.24, 2.45) is 7.05 Å². The van der Waals surface area contributed by atoms with Crippen LogP contribution < -0.4 is 4.74 Å². The van der Waals surface area contributed by atoms with Crippen LogP contribution in [0.3, 0.4) is 0 Å². The maximum absolute atomic E-state index is 15.1. The van der Waals surface area contributed by atoms with Crippen LogP contribution >= 0.6 is 0 Å². The van der Waals surface area contributed by atoms with Gasteiger partial charge in [-0.25, -0.2) is 4.39 Å². The number of pyridine rings is 1. The quantitative estimate of drug-likeness (QED) is 0.679. The highest BCUT2D eigenvalue weighted by atomic mass is 19.1. The fraction of sp³-hybridized carbons (Fsp3) is 0.375. The number of amides is 1. The fourth-order valence-corrected chi connectivity index (χ4v) is 4.59. The van der Waals surface area contributed by atoms with E-state index in [4.69, 9.17) is 4.74 Å². The number of halogens is 1. The van der Waals surface area contributed by atoms with Crippen molar-refractivity contribution in [3.05, 3.63) is 64.7 Å². The van der Waals surface area contributed by atoms with E-state index in [1.807, 2.05) is 31.4 Å². The highest BCUT2D eigenvalue weighted by Crippen LogP contribution is 2.36. The molecule has 1 aliphatic carbocycles. The van der Waals surface area contributed by atoms with Crippen molar-refractivity contribution < 1.29 is 19.0 Å². The number of aromatic nitrogens is 3. The normalized spacial score (nSPS) is 20.4. The van der Waals surface area contributed by atoms with Crippen molar-refractivity contribution in [1.29, 1.82) is 0 Å². The molecule has 2 atom stereocenters. The van der Waals surface area contributed by atoms with Gasteiger partial charge in [0.25, 0.3) is 5.91 Å². The molecule has 0 bridgehead atoms. The summed E-state index contributed by atoms with van der Waals surface area (Å²) < 4.78 is 22.5. The Balaban J connectivity index is 1.42. The number of carbonyl (C=O) groups is 1. The Bertz CT molecular complexity index is 1170. The Kier molecular flexibility index (Phi) is 5.17. The SMILES string of the molecule is Cc1c(Cc2ccc(-c3ccn(C)n3)nc2)cc2c(c1F)OCN([C@H]1CCC[C@@H]1O)C2=O. The second kappa shape index (κ2) is 8.02. The fourth-order valence-electron chi connectivity index (χ4n) is 4.59. The minimum atomic E-state index is -0.567. The Hall–Kier alpha value is -3.26. The predicted octanol–water partition coefficient (Wildman–Crippen LogP) is 3.23. The number of ether oxygens (including phenoxy) is 1. The van der Waals surface area contributed by atoms with Gasteiger partial charge in [0.1, 0.15) is 5.69 Å². The van der Waals surface area contributed by atoms with E-state index in [-0.39, 0.29) is 30.0 Å². The van der Waals surface area contributed by atoms with E-state index in [2.05, 4.69) is 10.1 Å². The lowest BCUT2D eigenvalue weighted by Crippen LogP contribution is -2.48. The van der Waals surface area contributed by atoms with Gasteiger partial charge in [-0.1, -0.05) is 6.07 Å². The molecule has 8 heteroatoms. The zero-order chi connectivity index (χ0) is 22.4. The average Bonchev–Trinajstić information content (AvgIpc) is 3.41. The van der Waals surface area contributed by atoms with Crippen LogP contribution in [0.5, 0.6) is 5.75 Å². The molecule has 1 aromatic carbocycles. The first-order valence-corrected chi connectivity index (χ1v) is 10.8. The van der Waals surface area contributed by atoms with Crippen LogP contribution in [0.1, 0.15) is 46.3 Å². The molecule has 0 unspecified atom stereocenters. The van der Waals surface area contributed by atoms with Crippen LogP contribution in [-0.4, -0.2) is 49.6 Å². The Morgan fingerprint density at radius 3 is 2.75 bits per heavy atom. The average molecular weight is 436 g/mol. The van der Waals surface area contributed by atoms with Crippen LogP contribution in [0.25, 0.3) is 11.4 Å². The molecule has 1 saturated carbocycles. The zero-order valence-corrected chi connectivity index (χ0v) is 18.1. The van der Waals surface area contributed by atoms with Crippen LogP contribution in [0.4, 0.5) is 4.39 Å². The Morgan fingerprint density at radius 2 is 2.09 bits per heavy atom. The summed E-state index contributed by atoms with van der Waals surface area (Å²) in [5.41, 5.74) is 3.83. The van der Waals surface area contributed by atoms with Crippen molar-refractivity contribution >= 4 is 5.91 Å². The molecule has 7 nitrogen and oxygen atoms in total. The third kappa shape index (κ3) is 3.54. The molecular formula is C24H25FN4O3. The first kappa shape index (κ1) is 20.6. The van der Waals surface area contributed by atoms with Crippen LogP contribution in [-0.2, 0) is 13.5 Å². The van der Waals surface area contributed by atoms with Gasteiger partial charge in [-0.15, -0.1) is 0 Å². The maximum atomic E-state index is 15.1. The number of aliphatic hydroxyl groups excluding tert-OH is 1.